The minimum absolute atomic E-state index is 0.0682. The largest absolute Gasteiger partial charge is 0.497 e. The van der Waals surface area contributed by atoms with Crippen molar-refractivity contribution in [1.29, 1.82) is 0 Å². The lowest BCUT2D eigenvalue weighted by atomic mass is 10.0. The lowest BCUT2D eigenvalue weighted by Crippen LogP contribution is -2.43. The molecule has 1 aliphatic heterocycles. The molecule has 3 aromatic rings. The Morgan fingerprint density at radius 1 is 1.20 bits per heavy atom. The molecule has 0 spiro atoms. The van der Waals surface area contributed by atoms with E-state index in [2.05, 4.69) is 16.0 Å². The number of hydrogen-bond donors (Lipinski definition) is 1. The van der Waals surface area contributed by atoms with Gasteiger partial charge in [-0.25, -0.2) is 0 Å². The van der Waals surface area contributed by atoms with Crippen LogP contribution in [-0.2, 0) is 27.9 Å². The van der Waals surface area contributed by atoms with Crippen LogP contribution in [0.3, 0.4) is 0 Å². The van der Waals surface area contributed by atoms with Crippen molar-refractivity contribution in [3.63, 3.8) is 0 Å². The first-order chi connectivity index (χ1) is 16.9. The molecule has 1 aromatic heterocycles. The number of aryl methyl sites for hydroxylation is 1. The highest BCUT2D eigenvalue weighted by Gasteiger charge is 2.38. The van der Waals surface area contributed by atoms with E-state index in [-0.39, 0.29) is 23.7 Å². The van der Waals surface area contributed by atoms with Gasteiger partial charge in [0.05, 0.1) is 24.0 Å². The fourth-order valence-corrected chi connectivity index (χ4v) is 5.56. The van der Waals surface area contributed by atoms with Gasteiger partial charge in [0.25, 0.3) is 0 Å². The molecule has 0 unspecified atom stereocenters. The van der Waals surface area contributed by atoms with E-state index in [1.165, 1.54) is 11.8 Å². The molecule has 0 bridgehead atoms. The van der Waals surface area contributed by atoms with Crippen LogP contribution >= 0.6 is 11.8 Å². The third-order valence-electron chi connectivity index (χ3n) is 6.14. The molecule has 7 nitrogen and oxygen atoms in total. The van der Waals surface area contributed by atoms with Crippen LogP contribution in [0.1, 0.15) is 37.4 Å². The first-order valence-corrected chi connectivity index (χ1v) is 12.9. The number of hydrogen-bond acceptors (Lipinski definition) is 5. The van der Waals surface area contributed by atoms with Gasteiger partial charge in [-0.2, -0.15) is 0 Å². The normalized spacial score (nSPS) is 15.9. The minimum atomic E-state index is -0.740. The number of methoxy groups -OCH3 is 1. The Morgan fingerprint density at radius 3 is 2.77 bits per heavy atom. The van der Waals surface area contributed by atoms with Crippen molar-refractivity contribution in [3.05, 3.63) is 59.7 Å². The topological polar surface area (TPSA) is 72.8 Å². The van der Waals surface area contributed by atoms with Gasteiger partial charge in [0.15, 0.2) is 0 Å². The Balaban J connectivity index is 1.71. The van der Waals surface area contributed by atoms with Crippen molar-refractivity contribution in [2.45, 2.75) is 44.0 Å². The number of nitrogens with one attached hydrogen (secondary N) is 1. The summed E-state index contributed by atoms with van der Waals surface area (Å²) in [6, 6.07) is 15.0. The first-order valence-electron chi connectivity index (χ1n) is 11.9. The molecule has 2 amide bonds. The Hall–Kier alpha value is -2.97. The molecule has 2 aromatic carbocycles. The number of carbonyl (C=O) groups is 2. The molecule has 0 aliphatic carbocycles. The van der Waals surface area contributed by atoms with Crippen LogP contribution < -0.4 is 10.1 Å². The van der Waals surface area contributed by atoms with Crippen molar-refractivity contribution < 1.29 is 19.1 Å². The average molecular weight is 496 g/mol. The summed E-state index contributed by atoms with van der Waals surface area (Å²) in [5.74, 6) is 0.746. The second kappa shape index (κ2) is 11.2. The van der Waals surface area contributed by atoms with E-state index in [9.17, 15) is 9.59 Å². The number of para-hydroxylation sites is 1. The molecule has 0 radical (unpaired) electrons. The SMILES string of the molecule is COc1cccc(CN2C(=O)CSc3c(c4ccccc4n3C)[C@H]2C(=O)NCCCOC(C)C)c1. The highest BCUT2D eigenvalue weighted by molar-refractivity contribution is 8.00. The Morgan fingerprint density at radius 2 is 2.00 bits per heavy atom. The van der Waals surface area contributed by atoms with Gasteiger partial charge < -0.3 is 24.3 Å². The number of fused-ring (bicyclic) bond motifs is 3. The zero-order chi connectivity index (χ0) is 24.9. The van der Waals surface area contributed by atoms with Gasteiger partial charge in [-0.05, 0) is 44.0 Å². The quantitative estimate of drug-likeness (QED) is 0.448. The molecule has 0 saturated carbocycles. The summed E-state index contributed by atoms with van der Waals surface area (Å²) in [5, 5.41) is 5.02. The maximum atomic E-state index is 13.7. The summed E-state index contributed by atoms with van der Waals surface area (Å²) in [6.07, 6.45) is 0.858. The van der Waals surface area contributed by atoms with E-state index in [0.717, 1.165) is 32.8 Å². The van der Waals surface area contributed by atoms with Gasteiger partial charge in [-0.15, -0.1) is 0 Å². The van der Waals surface area contributed by atoms with Crippen LogP contribution in [-0.4, -0.2) is 53.4 Å². The summed E-state index contributed by atoms with van der Waals surface area (Å²) in [4.78, 5) is 28.9. The van der Waals surface area contributed by atoms with Crippen LogP contribution in [0.2, 0.25) is 0 Å². The van der Waals surface area contributed by atoms with Gasteiger partial charge in [0.1, 0.15) is 11.8 Å². The van der Waals surface area contributed by atoms with E-state index < -0.39 is 6.04 Å². The molecule has 1 atom stereocenters. The van der Waals surface area contributed by atoms with Crippen molar-refractivity contribution in [3.8, 4) is 5.75 Å². The molecule has 8 heteroatoms. The van der Waals surface area contributed by atoms with Gasteiger partial charge in [-0.1, -0.05) is 42.1 Å². The van der Waals surface area contributed by atoms with Crippen molar-refractivity contribution in [2.24, 2.45) is 7.05 Å². The predicted molar refractivity (Wildman–Crippen MR) is 139 cm³/mol. The van der Waals surface area contributed by atoms with Gasteiger partial charge in [0.2, 0.25) is 11.8 Å². The van der Waals surface area contributed by atoms with E-state index in [1.807, 2.05) is 63.4 Å². The van der Waals surface area contributed by atoms with Crippen molar-refractivity contribution >= 4 is 34.5 Å². The Kier molecular flexibility index (Phi) is 8.03. The lowest BCUT2D eigenvalue weighted by molar-refractivity contribution is -0.139. The van der Waals surface area contributed by atoms with E-state index >= 15 is 0 Å². The first kappa shape index (κ1) is 25.1. The maximum absolute atomic E-state index is 13.7. The third kappa shape index (κ3) is 5.49. The average Bonchev–Trinajstić information content (AvgIpc) is 3.04. The summed E-state index contributed by atoms with van der Waals surface area (Å²) in [7, 11) is 3.61. The number of carbonyl (C=O) groups excluding carboxylic acids is 2. The lowest BCUT2D eigenvalue weighted by Gasteiger charge is -2.30. The maximum Gasteiger partial charge on any atom is 0.247 e. The number of thioether (sulfide) groups is 1. The summed E-state index contributed by atoms with van der Waals surface area (Å²) < 4.78 is 13.1. The second-order valence-corrected chi connectivity index (χ2v) is 9.89. The van der Waals surface area contributed by atoms with Gasteiger partial charge >= 0.3 is 0 Å². The van der Waals surface area contributed by atoms with E-state index in [4.69, 9.17) is 9.47 Å². The van der Waals surface area contributed by atoms with Crippen LogP contribution in [0.25, 0.3) is 10.9 Å². The molecule has 0 saturated heterocycles. The zero-order valence-electron chi connectivity index (χ0n) is 20.7. The molecule has 4 rings (SSSR count). The number of amides is 2. The third-order valence-corrected chi connectivity index (χ3v) is 7.29. The van der Waals surface area contributed by atoms with Crippen LogP contribution in [0.5, 0.6) is 5.75 Å². The number of benzene rings is 2. The molecule has 0 fully saturated rings. The van der Waals surface area contributed by atoms with E-state index in [0.29, 0.717) is 26.1 Å². The van der Waals surface area contributed by atoms with Crippen molar-refractivity contribution in [1.82, 2.24) is 14.8 Å². The zero-order valence-corrected chi connectivity index (χ0v) is 21.6. The highest BCUT2D eigenvalue weighted by Crippen LogP contribution is 2.42. The van der Waals surface area contributed by atoms with Gasteiger partial charge in [0, 0.05) is 43.2 Å². The smallest absolute Gasteiger partial charge is 0.247 e. The summed E-state index contributed by atoms with van der Waals surface area (Å²) in [5.41, 5.74) is 2.84. The number of ether oxygens (including phenoxy) is 2. The fourth-order valence-electron chi connectivity index (χ4n) is 4.47. The summed E-state index contributed by atoms with van der Waals surface area (Å²) >= 11 is 1.50. The summed E-state index contributed by atoms with van der Waals surface area (Å²) in [6.45, 7) is 5.35. The van der Waals surface area contributed by atoms with Crippen molar-refractivity contribution in [2.75, 3.05) is 26.0 Å². The molecule has 1 aliphatic rings. The van der Waals surface area contributed by atoms with Crippen LogP contribution in [0.4, 0.5) is 0 Å². The monoisotopic (exact) mass is 495 g/mol. The molecule has 1 N–H and O–H groups in total. The Labute approximate surface area is 210 Å². The highest BCUT2D eigenvalue weighted by atomic mass is 32.2. The predicted octanol–water partition coefficient (Wildman–Crippen LogP) is 4.29. The van der Waals surface area contributed by atoms with Crippen LogP contribution in [0, 0.1) is 0 Å². The molecule has 35 heavy (non-hydrogen) atoms. The molecular weight excluding hydrogens is 462 g/mol. The molecule has 2 heterocycles. The molecule has 186 valence electrons. The standard InChI is InChI=1S/C27H33N3O4S/c1-18(2)34-14-8-13-28-26(32)25-24-21-11-5-6-12-22(21)29(3)27(24)35-17-23(31)30(25)16-19-9-7-10-20(15-19)33-4/h5-7,9-12,15,18,25H,8,13-14,16-17H2,1-4H3,(H,28,32)/t25-/m0/s1. The second-order valence-electron chi connectivity index (χ2n) is 8.92. The molecular formula is C27H33N3O4S. The number of nitrogens with zero attached hydrogens (tertiary/aromatic N) is 2. The van der Waals surface area contributed by atoms with E-state index in [1.54, 1.807) is 12.0 Å². The number of aromatic nitrogens is 1. The number of rotatable bonds is 9. The van der Waals surface area contributed by atoms with Crippen LogP contribution in [0.15, 0.2) is 53.6 Å². The van der Waals surface area contributed by atoms with Gasteiger partial charge in [-0.3, -0.25) is 9.59 Å². The minimum Gasteiger partial charge on any atom is -0.497 e. The Bertz CT molecular complexity index is 1210. The fraction of sp³-hybridized carbons (Fsp3) is 0.407.